The van der Waals surface area contributed by atoms with E-state index in [1.54, 1.807) is 6.07 Å². The molecule has 0 saturated carbocycles. The summed E-state index contributed by atoms with van der Waals surface area (Å²) in [5, 5.41) is 18.7. The molecule has 1 heterocycles. The lowest BCUT2D eigenvalue weighted by molar-refractivity contribution is 0.255. The van der Waals surface area contributed by atoms with Crippen LogP contribution in [0.5, 0.6) is 5.95 Å². The summed E-state index contributed by atoms with van der Waals surface area (Å²) in [4.78, 5) is 0. The van der Waals surface area contributed by atoms with Crippen LogP contribution < -0.4 is 4.65 Å². The summed E-state index contributed by atoms with van der Waals surface area (Å²) >= 11 is 0. The highest BCUT2D eigenvalue weighted by molar-refractivity contribution is 6.34. The Kier molecular flexibility index (Phi) is 1.96. The smallest absolute Gasteiger partial charge is 0.484 e. The number of hydrogen-bond donors (Lipinski definition) is 2. The number of rotatable bonds is 2. The SMILES string of the molecule is OB(O)Oc1occ2ccccc12. The Hall–Kier alpha value is -1.46. The van der Waals surface area contributed by atoms with Crippen molar-refractivity contribution in [2.24, 2.45) is 0 Å². The molecule has 0 aliphatic rings. The van der Waals surface area contributed by atoms with Crippen molar-refractivity contribution < 1.29 is 19.1 Å². The molecule has 0 atom stereocenters. The first-order chi connectivity index (χ1) is 6.27. The van der Waals surface area contributed by atoms with E-state index in [4.69, 9.17) is 14.5 Å². The van der Waals surface area contributed by atoms with E-state index in [9.17, 15) is 0 Å². The van der Waals surface area contributed by atoms with Crippen molar-refractivity contribution in [2.45, 2.75) is 0 Å². The molecule has 1 aromatic carbocycles. The third-order valence-electron chi connectivity index (χ3n) is 1.69. The molecular weight excluding hydrogens is 171 g/mol. The average Bonchev–Trinajstić information content (AvgIpc) is 2.48. The molecule has 0 aliphatic heterocycles. The maximum absolute atomic E-state index is 8.56. The van der Waals surface area contributed by atoms with Crippen LogP contribution in [0.4, 0.5) is 0 Å². The first-order valence-corrected chi connectivity index (χ1v) is 3.76. The second-order valence-electron chi connectivity index (χ2n) is 2.55. The minimum Gasteiger partial charge on any atom is -0.484 e. The van der Waals surface area contributed by atoms with Crippen molar-refractivity contribution >= 4 is 18.1 Å². The average molecular weight is 178 g/mol. The number of furan rings is 1. The van der Waals surface area contributed by atoms with Gasteiger partial charge in [-0.25, -0.2) is 0 Å². The van der Waals surface area contributed by atoms with Crippen LogP contribution in [-0.2, 0) is 0 Å². The Labute approximate surface area is 74.5 Å². The van der Waals surface area contributed by atoms with Crippen LogP contribution in [0.3, 0.4) is 0 Å². The lowest BCUT2D eigenvalue weighted by Gasteiger charge is -1.99. The van der Waals surface area contributed by atoms with Crippen LogP contribution >= 0.6 is 0 Å². The van der Waals surface area contributed by atoms with Gasteiger partial charge < -0.3 is 19.1 Å². The normalized spacial score (nSPS) is 10.3. The molecule has 1 aromatic heterocycles. The molecule has 2 rings (SSSR count). The molecule has 0 amide bonds. The maximum Gasteiger partial charge on any atom is 0.709 e. The first kappa shape index (κ1) is 8.16. The minimum atomic E-state index is -1.85. The van der Waals surface area contributed by atoms with Gasteiger partial charge in [0.15, 0.2) is 0 Å². The van der Waals surface area contributed by atoms with Gasteiger partial charge in [-0.2, -0.15) is 0 Å². The Morgan fingerprint density at radius 2 is 2.00 bits per heavy atom. The van der Waals surface area contributed by atoms with Gasteiger partial charge in [-0.05, 0) is 6.07 Å². The molecule has 0 bridgehead atoms. The lowest BCUT2D eigenvalue weighted by Crippen LogP contribution is -2.20. The highest BCUT2D eigenvalue weighted by Crippen LogP contribution is 2.27. The number of fused-ring (bicyclic) bond motifs is 1. The van der Waals surface area contributed by atoms with Crippen molar-refractivity contribution in [1.29, 1.82) is 0 Å². The molecular formula is C8H7BO4. The van der Waals surface area contributed by atoms with Crippen molar-refractivity contribution in [2.75, 3.05) is 0 Å². The molecule has 0 radical (unpaired) electrons. The predicted molar refractivity (Wildman–Crippen MR) is 47.0 cm³/mol. The van der Waals surface area contributed by atoms with E-state index in [2.05, 4.69) is 4.65 Å². The molecule has 0 fully saturated rings. The topological polar surface area (TPSA) is 62.8 Å². The largest absolute Gasteiger partial charge is 0.709 e. The standard InChI is InChI=1S/C8H7BO4/c10-9(11)13-8-7-4-2-1-3-6(7)5-12-8/h1-5,10-11H. The molecule has 0 spiro atoms. The van der Waals surface area contributed by atoms with Crippen LogP contribution in [-0.4, -0.2) is 17.4 Å². The van der Waals surface area contributed by atoms with Gasteiger partial charge in [-0.1, -0.05) is 18.2 Å². The van der Waals surface area contributed by atoms with Crippen LogP contribution in [0.1, 0.15) is 0 Å². The quantitative estimate of drug-likeness (QED) is 0.667. The summed E-state index contributed by atoms with van der Waals surface area (Å²) in [6, 6.07) is 7.29. The maximum atomic E-state index is 8.56. The summed E-state index contributed by atoms with van der Waals surface area (Å²) in [7, 11) is -1.85. The summed E-state index contributed by atoms with van der Waals surface area (Å²) in [6.45, 7) is 0. The van der Waals surface area contributed by atoms with Crippen LogP contribution in [0.25, 0.3) is 10.8 Å². The van der Waals surface area contributed by atoms with Crippen molar-refractivity contribution in [3.05, 3.63) is 30.5 Å². The van der Waals surface area contributed by atoms with E-state index < -0.39 is 7.32 Å². The summed E-state index contributed by atoms with van der Waals surface area (Å²) < 4.78 is 9.60. The fourth-order valence-electron chi connectivity index (χ4n) is 1.15. The van der Waals surface area contributed by atoms with Crippen LogP contribution in [0.15, 0.2) is 34.9 Å². The predicted octanol–water partition coefficient (Wildman–Crippen LogP) is 0.781. The van der Waals surface area contributed by atoms with Gasteiger partial charge in [0.25, 0.3) is 5.95 Å². The third-order valence-corrected chi connectivity index (χ3v) is 1.69. The van der Waals surface area contributed by atoms with Gasteiger partial charge in [0.2, 0.25) is 0 Å². The van der Waals surface area contributed by atoms with E-state index >= 15 is 0 Å². The Balaban J connectivity index is 2.46. The Morgan fingerprint density at radius 1 is 1.23 bits per heavy atom. The second-order valence-corrected chi connectivity index (χ2v) is 2.55. The molecule has 66 valence electrons. The molecule has 2 aromatic rings. The molecule has 0 unspecified atom stereocenters. The van der Waals surface area contributed by atoms with E-state index in [0.29, 0.717) is 0 Å². The number of hydrogen-bond acceptors (Lipinski definition) is 4. The van der Waals surface area contributed by atoms with Crippen molar-refractivity contribution in [1.82, 2.24) is 0 Å². The fraction of sp³-hybridized carbons (Fsp3) is 0. The van der Waals surface area contributed by atoms with Gasteiger partial charge in [0, 0.05) is 5.39 Å². The summed E-state index contributed by atoms with van der Waals surface area (Å²) in [6.07, 6.45) is 1.49. The highest BCUT2D eigenvalue weighted by atomic mass is 16.7. The second kappa shape index (κ2) is 3.12. The third kappa shape index (κ3) is 1.51. The van der Waals surface area contributed by atoms with Gasteiger partial charge in [0.1, 0.15) is 6.26 Å². The molecule has 5 heteroatoms. The zero-order valence-corrected chi connectivity index (χ0v) is 6.68. The molecule has 0 aliphatic carbocycles. The Bertz CT molecular complexity index is 409. The zero-order chi connectivity index (χ0) is 9.26. The van der Waals surface area contributed by atoms with Crippen molar-refractivity contribution in [3.8, 4) is 5.95 Å². The lowest BCUT2D eigenvalue weighted by atomic mass is 10.2. The molecule has 2 N–H and O–H groups in total. The zero-order valence-electron chi connectivity index (χ0n) is 6.68. The van der Waals surface area contributed by atoms with E-state index in [1.807, 2.05) is 18.2 Å². The molecule has 4 nitrogen and oxygen atoms in total. The van der Waals surface area contributed by atoms with Crippen LogP contribution in [0.2, 0.25) is 0 Å². The van der Waals surface area contributed by atoms with Gasteiger partial charge in [-0.15, -0.1) is 0 Å². The van der Waals surface area contributed by atoms with E-state index in [0.717, 1.165) is 10.8 Å². The number of benzene rings is 1. The molecule has 13 heavy (non-hydrogen) atoms. The van der Waals surface area contributed by atoms with E-state index in [1.165, 1.54) is 6.26 Å². The first-order valence-electron chi connectivity index (χ1n) is 3.76. The van der Waals surface area contributed by atoms with Crippen molar-refractivity contribution in [3.63, 3.8) is 0 Å². The Morgan fingerprint density at radius 3 is 2.77 bits per heavy atom. The van der Waals surface area contributed by atoms with Gasteiger partial charge in [0.05, 0.1) is 5.39 Å². The monoisotopic (exact) mass is 178 g/mol. The molecule has 0 saturated heterocycles. The minimum absolute atomic E-state index is 0.116. The van der Waals surface area contributed by atoms with E-state index in [-0.39, 0.29) is 5.95 Å². The van der Waals surface area contributed by atoms with Gasteiger partial charge >= 0.3 is 7.32 Å². The summed E-state index contributed by atoms with van der Waals surface area (Å²) in [5.74, 6) is 0.116. The fourth-order valence-corrected chi connectivity index (χ4v) is 1.15. The van der Waals surface area contributed by atoms with Crippen LogP contribution in [0, 0.1) is 0 Å². The van der Waals surface area contributed by atoms with Gasteiger partial charge in [-0.3, -0.25) is 0 Å². The summed E-state index contributed by atoms with van der Waals surface area (Å²) in [5.41, 5.74) is 0. The highest BCUT2D eigenvalue weighted by Gasteiger charge is 2.15.